The van der Waals surface area contributed by atoms with Gasteiger partial charge in [0.1, 0.15) is 0 Å². The average Bonchev–Trinajstić information content (AvgIpc) is 2.44. The van der Waals surface area contributed by atoms with E-state index < -0.39 is 0 Å². The van der Waals surface area contributed by atoms with Crippen molar-refractivity contribution in [3.05, 3.63) is 0 Å². The number of hydrogen-bond donors (Lipinski definition) is 3. The number of carbonyl (C=O) groups excluding carboxylic acids is 2. The quantitative estimate of drug-likeness (QED) is 0.595. The van der Waals surface area contributed by atoms with Gasteiger partial charge in [0.25, 0.3) is 0 Å². The Kier molecular flexibility index (Phi) is 11.4. The first-order valence-corrected chi connectivity index (χ1v) is 7.91. The molecule has 0 saturated heterocycles. The second-order valence-electron chi connectivity index (χ2n) is 5.65. The molecule has 1 saturated carbocycles. The molecular weight excluding hydrogens is 290 g/mol. The lowest BCUT2D eigenvalue weighted by atomic mass is 9.88. The fourth-order valence-corrected chi connectivity index (χ4v) is 2.59. The van der Waals surface area contributed by atoms with Crippen LogP contribution in [-0.2, 0) is 9.59 Å². The van der Waals surface area contributed by atoms with Crippen molar-refractivity contribution in [1.82, 2.24) is 16.0 Å². The summed E-state index contributed by atoms with van der Waals surface area (Å²) in [5.41, 5.74) is 0. The van der Waals surface area contributed by atoms with E-state index in [9.17, 15) is 9.59 Å². The van der Waals surface area contributed by atoms with Crippen LogP contribution in [0.15, 0.2) is 0 Å². The van der Waals surface area contributed by atoms with Gasteiger partial charge in [0, 0.05) is 31.5 Å². The third-order valence-corrected chi connectivity index (χ3v) is 3.73. The van der Waals surface area contributed by atoms with E-state index >= 15 is 0 Å². The van der Waals surface area contributed by atoms with E-state index in [1.54, 1.807) is 0 Å². The van der Waals surface area contributed by atoms with Crippen molar-refractivity contribution in [3.8, 4) is 0 Å². The smallest absolute Gasteiger partial charge is 0.223 e. The summed E-state index contributed by atoms with van der Waals surface area (Å²) in [6.07, 6.45) is 5.88. The maximum atomic E-state index is 12.0. The van der Waals surface area contributed by atoms with E-state index in [-0.39, 0.29) is 36.2 Å². The van der Waals surface area contributed by atoms with Crippen molar-refractivity contribution in [2.24, 2.45) is 5.92 Å². The maximum absolute atomic E-state index is 12.0. The molecule has 0 aromatic rings. The Balaban J connectivity index is 0.00000400. The third kappa shape index (κ3) is 8.94. The molecule has 1 atom stereocenters. The first kappa shape index (κ1) is 20.2. The van der Waals surface area contributed by atoms with Gasteiger partial charge in [-0.3, -0.25) is 9.59 Å². The molecule has 0 radical (unpaired) electrons. The highest BCUT2D eigenvalue weighted by molar-refractivity contribution is 5.85. The Morgan fingerprint density at radius 2 is 1.81 bits per heavy atom. The van der Waals surface area contributed by atoms with Crippen LogP contribution in [-0.4, -0.2) is 37.5 Å². The Bertz CT molecular complexity index is 307. The summed E-state index contributed by atoms with van der Waals surface area (Å²) in [5, 5.41) is 8.96. The Hall–Kier alpha value is -0.810. The van der Waals surface area contributed by atoms with E-state index in [2.05, 4.69) is 16.0 Å². The van der Waals surface area contributed by atoms with Gasteiger partial charge in [-0.05, 0) is 26.3 Å². The van der Waals surface area contributed by atoms with Crippen LogP contribution >= 0.6 is 12.4 Å². The van der Waals surface area contributed by atoms with Gasteiger partial charge in [-0.15, -0.1) is 12.4 Å². The monoisotopic (exact) mass is 319 g/mol. The molecule has 1 fully saturated rings. The normalized spacial score (nSPS) is 16.7. The minimum Gasteiger partial charge on any atom is -0.355 e. The van der Waals surface area contributed by atoms with Gasteiger partial charge in [-0.2, -0.15) is 0 Å². The second kappa shape index (κ2) is 11.8. The van der Waals surface area contributed by atoms with Gasteiger partial charge in [0.2, 0.25) is 11.8 Å². The van der Waals surface area contributed by atoms with Crippen molar-refractivity contribution in [3.63, 3.8) is 0 Å². The van der Waals surface area contributed by atoms with Crippen molar-refractivity contribution < 1.29 is 9.59 Å². The van der Waals surface area contributed by atoms with Gasteiger partial charge in [0.15, 0.2) is 0 Å². The van der Waals surface area contributed by atoms with E-state index in [0.717, 1.165) is 38.8 Å². The van der Waals surface area contributed by atoms with Crippen LogP contribution in [0.5, 0.6) is 0 Å². The number of amides is 2. The maximum Gasteiger partial charge on any atom is 0.223 e. The molecule has 2 amide bonds. The molecule has 0 aliphatic heterocycles. The van der Waals surface area contributed by atoms with E-state index in [0.29, 0.717) is 13.0 Å². The van der Waals surface area contributed by atoms with Crippen LogP contribution in [0.4, 0.5) is 0 Å². The molecule has 124 valence electrons. The van der Waals surface area contributed by atoms with Crippen LogP contribution in [0.1, 0.15) is 52.4 Å². The molecule has 0 spiro atoms. The average molecular weight is 320 g/mol. The van der Waals surface area contributed by atoms with E-state index in [1.807, 2.05) is 13.8 Å². The van der Waals surface area contributed by atoms with Crippen molar-refractivity contribution in [2.45, 2.75) is 58.4 Å². The summed E-state index contributed by atoms with van der Waals surface area (Å²) in [5.74, 6) is 0.278. The zero-order valence-corrected chi connectivity index (χ0v) is 14.1. The lowest BCUT2D eigenvalue weighted by Crippen LogP contribution is -2.41. The highest BCUT2D eigenvalue weighted by Gasteiger charge is 2.22. The molecular formula is C15H30ClN3O2. The molecule has 0 aromatic heterocycles. The predicted octanol–water partition coefficient (Wildman–Crippen LogP) is 1.61. The molecule has 1 rings (SSSR count). The largest absolute Gasteiger partial charge is 0.355 e. The summed E-state index contributed by atoms with van der Waals surface area (Å²) in [6.45, 7) is 6.25. The lowest BCUT2D eigenvalue weighted by molar-refractivity contribution is -0.127. The highest BCUT2D eigenvalue weighted by atomic mass is 35.5. The predicted molar refractivity (Wildman–Crippen MR) is 87.6 cm³/mol. The molecule has 21 heavy (non-hydrogen) atoms. The van der Waals surface area contributed by atoms with Crippen LogP contribution in [0.3, 0.4) is 0 Å². The molecule has 0 aromatic carbocycles. The fourth-order valence-electron chi connectivity index (χ4n) is 2.59. The van der Waals surface area contributed by atoms with Crippen molar-refractivity contribution >= 4 is 24.2 Å². The SMILES string of the molecule is CCNCCNC(=O)CC(C)NC(=O)C1CCCCC1.Cl. The Labute approximate surface area is 134 Å². The molecule has 3 N–H and O–H groups in total. The van der Waals surface area contributed by atoms with E-state index in [1.165, 1.54) is 6.42 Å². The second-order valence-corrected chi connectivity index (χ2v) is 5.65. The highest BCUT2D eigenvalue weighted by Crippen LogP contribution is 2.23. The number of likely N-dealkylation sites (N-methyl/N-ethyl adjacent to an activating group) is 1. The number of rotatable bonds is 8. The van der Waals surface area contributed by atoms with Crippen LogP contribution in [0, 0.1) is 5.92 Å². The summed E-state index contributed by atoms with van der Waals surface area (Å²) >= 11 is 0. The molecule has 0 bridgehead atoms. The van der Waals surface area contributed by atoms with Crippen LogP contribution in [0.25, 0.3) is 0 Å². The van der Waals surface area contributed by atoms with Gasteiger partial charge in [-0.25, -0.2) is 0 Å². The number of nitrogens with one attached hydrogen (secondary N) is 3. The zero-order chi connectivity index (χ0) is 14.8. The third-order valence-electron chi connectivity index (χ3n) is 3.73. The van der Waals surface area contributed by atoms with Gasteiger partial charge < -0.3 is 16.0 Å². The van der Waals surface area contributed by atoms with Crippen molar-refractivity contribution in [1.29, 1.82) is 0 Å². The standard InChI is InChI=1S/C15H29N3O2.ClH/c1-3-16-9-10-17-14(19)11-12(2)18-15(20)13-7-5-4-6-8-13;/h12-13,16H,3-11H2,1-2H3,(H,17,19)(H,18,20);1H. The number of hydrogen-bond acceptors (Lipinski definition) is 3. The van der Waals surface area contributed by atoms with Gasteiger partial charge >= 0.3 is 0 Å². The first-order chi connectivity index (χ1) is 9.63. The van der Waals surface area contributed by atoms with Crippen molar-refractivity contribution in [2.75, 3.05) is 19.6 Å². The zero-order valence-electron chi connectivity index (χ0n) is 13.2. The van der Waals surface area contributed by atoms with Crippen LogP contribution in [0.2, 0.25) is 0 Å². The Morgan fingerprint density at radius 3 is 2.43 bits per heavy atom. The summed E-state index contributed by atoms with van der Waals surface area (Å²) in [6, 6.07) is -0.0939. The number of carbonyl (C=O) groups is 2. The van der Waals surface area contributed by atoms with Crippen LogP contribution < -0.4 is 16.0 Å². The molecule has 0 heterocycles. The lowest BCUT2D eigenvalue weighted by Gasteiger charge is -2.23. The van der Waals surface area contributed by atoms with E-state index in [4.69, 9.17) is 0 Å². The first-order valence-electron chi connectivity index (χ1n) is 7.91. The fraction of sp³-hybridized carbons (Fsp3) is 0.867. The Morgan fingerprint density at radius 1 is 1.14 bits per heavy atom. The molecule has 1 aliphatic rings. The molecule has 1 aliphatic carbocycles. The molecule has 6 heteroatoms. The van der Waals surface area contributed by atoms with Gasteiger partial charge in [-0.1, -0.05) is 26.2 Å². The summed E-state index contributed by atoms with van der Waals surface area (Å²) < 4.78 is 0. The molecule has 1 unspecified atom stereocenters. The number of halogens is 1. The molecule has 5 nitrogen and oxygen atoms in total. The minimum atomic E-state index is -0.0939. The summed E-state index contributed by atoms with van der Waals surface area (Å²) in [7, 11) is 0. The minimum absolute atomic E-state index is 0. The summed E-state index contributed by atoms with van der Waals surface area (Å²) in [4.78, 5) is 23.7. The topological polar surface area (TPSA) is 70.2 Å². The van der Waals surface area contributed by atoms with Gasteiger partial charge in [0.05, 0.1) is 0 Å².